The van der Waals surface area contributed by atoms with Gasteiger partial charge in [-0.05, 0) is 13.8 Å². The van der Waals surface area contributed by atoms with E-state index in [1.165, 1.54) is 4.31 Å². The van der Waals surface area contributed by atoms with Gasteiger partial charge in [-0.15, -0.1) is 6.42 Å². The molecule has 0 amide bonds. The van der Waals surface area contributed by atoms with Crippen molar-refractivity contribution in [2.24, 2.45) is 0 Å². The zero-order valence-corrected chi connectivity index (χ0v) is 9.98. The van der Waals surface area contributed by atoms with Gasteiger partial charge in [-0.25, -0.2) is 0 Å². The first-order valence-electron chi connectivity index (χ1n) is 4.56. The van der Waals surface area contributed by atoms with Crippen LogP contribution in [0.25, 0.3) is 0 Å². The average molecular weight is 218 g/mol. The normalized spacial score (nSPS) is 12.9. The van der Waals surface area contributed by atoms with Crippen LogP contribution in [-0.4, -0.2) is 31.4 Å². The summed E-state index contributed by atoms with van der Waals surface area (Å²) in [6, 6.07) is 0. The fourth-order valence-corrected chi connectivity index (χ4v) is 2.49. The van der Waals surface area contributed by atoms with Crippen LogP contribution in [0.3, 0.4) is 0 Å². The van der Waals surface area contributed by atoms with Gasteiger partial charge in [-0.2, -0.15) is 17.4 Å². The van der Waals surface area contributed by atoms with Gasteiger partial charge in [0.25, 0.3) is 10.2 Å². The molecule has 0 aromatic carbocycles. The summed E-state index contributed by atoms with van der Waals surface area (Å²) >= 11 is 0. The molecule has 0 aliphatic carbocycles. The Bertz CT molecular complexity index is 310. The Morgan fingerprint density at radius 2 is 1.79 bits per heavy atom. The highest BCUT2D eigenvalue weighted by Gasteiger charge is 2.26. The maximum absolute atomic E-state index is 11.7. The number of hydrogen-bond donors (Lipinski definition) is 1. The molecule has 0 spiro atoms. The number of hydrogen-bond acceptors (Lipinski definition) is 2. The second-order valence-electron chi connectivity index (χ2n) is 3.46. The Hall–Kier alpha value is -0.570. The van der Waals surface area contributed by atoms with Crippen LogP contribution < -0.4 is 4.72 Å². The molecule has 0 aliphatic heterocycles. The van der Waals surface area contributed by atoms with Crippen molar-refractivity contribution in [1.82, 2.24) is 9.03 Å². The summed E-state index contributed by atoms with van der Waals surface area (Å²) in [6.07, 6.45) is 5.20. The minimum atomic E-state index is -3.45. The van der Waals surface area contributed by atoms with Gasteiger partial charge in [0, 0.05) is 13.1 Å². The van der Waals surface area contributed by atoms with E-state index in [0.717, 1.165) is 0 Å². The van der Waals surface area contributed by atoms with Crippen LogP contribution in [0.4, 0.5) is 0 Å². The first kappa shape index (κ1) is 13.4. The maximum atomic E-state index is 11.7. The third-order valence-electron chi connectivity index (χ3n) is 1.79. The highest BCUT2D eigenvalue weighted by atomic mass is 32.2. The van der Waals surface area contributed by atoms with Gasteiger partial charge in [0.2, 0.25) is 0 Å². The van der Waals surface area contributed by atoms with Gasteiger partial charge >= 0.3 is 0 Å². The molecule has 0 fully saturated rings. The Kier molecular flexibility index (Phi) is 4.59. The fraction of sp³-hybridized carbons (Fsp3) is 0.778. The average Bonchev–Trinajstić information content (AvgIpc) is 2.04. The van der Waals surface area contributed by atoms with E-state index in [1.54, 1.807) is 27.7 Å². The lowest BCUT2D eigenvalue weighted by Crippen LogP contribution is -2.49. The SMILES string of the molecule is C#CC(C)(C)NS(=O)(=O)N(CC)CC. The van der Waals surface area contributed by atoms with Crippen molar-refractivity contribution >= 4 is 10.2 Å². The number of terminal acetylenes is 1. The summed E-state index contributed by atoms with van der Waals surface area (Å²) in [5, 5.41) is 0. The molecule has 4 nitrogen and oxygen atoms in total. The molecule has 1 N–H and O–H groups in total. The number of nitrogens with one attached hydrogen (secondary N) is 1. The predicted octanol–water partition coefficient (Wildman–Crippen LogP) is 0.574. The zero-order valence-electron chi connectivity index (χ0n) is 9.16. The van der Waals surface area contributed by atoms with Crippen molar-refractivity contribution < 1.29 is 8.42 Å². The third kappa shape index (κ3) is 3.66. The van der Waals surface area contributed by atoms with E-state index in [4.69, 9.17) is 6.42 Å². The quantitative estimate of drug-likeness (QED) is 0.686. The van der Waals surface area contributed by atoms with Crippen LogP contribution in [0, 0.1) is 12.3 Å². The Morgan fingerprint density at radius 3 is 2.07 bits per heavy atom. The highest BCUT2D eigenvalue weighted by Crippen LogP contribution is 2.05. The van der Waals surface area contributed by atoms with Gasteiger partial charge in [-0.3, -0.25) is 0 Å². The molecule has 0 aromatic rings. The van der Waals surface area contributed by atoms with Gasteiger partial charge in [-0.1, -0.05) is 19.8 Å². The van der Waals surface area contributed by atoms with Crippen molar-refractivity contribution in [2.45, 2.75) is 33.2 Å². The monoisotopic (exact) mass is 218 g/mol. The molecule has 0 bridgehead atoms. The van der Waals surface area contributed by atoms with Crippen LogP contribution in [0.15, 0.2) is 0 Å². The number of nitrogens with zero attached hydrogens (tertiary/aromatic N) is 1. The first-order valence-corrected chi connectivity index (χ1v) is 6.00. The molecule has 0 radical (unpaired) electrons. The minimum absolute atomic E-state index is 0.437. The van der Waals surface area contributed by atoms with Crippen LogP contribution in [0.5, 0.6) is 0 Å². The van der Waals surface area contributed by atoms with E-state index >= 15 is 0 Å². The molecule has 0 aliphatic rings. The van der Waals surface area contributed by atoms with Gasteiger partial charge in [0.1, 0.15) is 0 Å². The van der Waals surface area contributed by atoms with Crippen molar-refractivity contribution in [2.75, 3.05) is 13.1 Å². The maximum Gasteiger partial charge on any atom is 0.280 e. The summed E-state index contributed by atoms with van der Waals surface area (Å²) in [4.78, 5) is 0. The molecule has 0 atom stereocenters. The molecule has 0 saturated heterocycles. The van der Waals surface area contributed by atoms with Crippen molar-refractivity contribution in [3.63, 3.8) is 0 Å². The molecular weight excluding hydrogens is 200 g/mol. The summed E-state index contributed by atoms with van der Waals surface area (Å²) in [7, 11) is -3.45. The molecule has 0 rings (SSSR count). The van der Waals surface area contributed by atoms with Gasteiger partial charge in [0.05, 0.1) is 5.54 Å². The topological polar surface area (TPSA) is 49.4 Å². The Labute approximate surface area is 86.9 Å². The van der Waals surface area contributed by atoms with Crippen molar-refractivity contribution in [3.8, 4) is 12.3 Å². The van der Waals surface area contributed by atoms with Crippen molar-refractivity contribution in [3.05, 3.63) is 0 Å². The molecule has 82 valence electrons. The largest absolute Gasteiger partial charge is 0.280 e. The van der Waals surface area contributed by atoms with E-state index in [-0.39, 0.29) is 0 Å². The van der Waals surface area contributed by atoms with Gasteiger partial charge < -0.3 is 0 Å². The summed E-state index contributed by atoms with van der Waals surface area (Å²) in [5.74, 6) is 2.38. The molecule has 0 unspecified atom stereocenters. The van der Waals surface area contributed by atoms with Crippen LogP contribution >= 0.6 is 0 Å². The molecule has 0 saturated carbocycles. The minimum Gasteiger partial charge on any atom is -0.195 e. The van der Waals surface area contributed by atoms with Crippen LogP contribution in [-0.2, 0) is 10.2 Å². The predicted molar refractivity (Wildman–Crippen MR) is 57.9 cm³/mol. The number of rotatable bonds is 5. The standard InChI is InChI=1S/C9H18N2O2S/c1-6-9(4,5)10-14(12,13)11(7-2)8-3/h1,10H,7-8H2,2-5H3. The van der Waals surface area contributed by atoms with E-state index in [1.807, 2.05) is 0 Å². The lowest BCUT2D eigenvalue weighted by atomic mass is 10.1. The lowest BCUT2D eigenvalue weighted by Gasteiger charge is -2.25. The summed E-state index contributed by atoms with van der Waals surface area (Å²) in [6.45, 7) is 7.73. The van der Waals surface area contributed by atoms with E-state index < -0.39 is 15.7 Å². The second kappa shape index (κ2) is 4.78. The molecular formula is C9H18N2O2S. The smallest absolute Gasteiger partial charge is 0.195 e. The van der Waals surface area contributed by atoms with Crippen LogP contribution in [0.2, 0.25) is 0 Å². The molecule has 0 aromatic heterocycles. The Balaban J connectivity index is 4.75. The zero-order chi connectivity index (χ0) is 11.4. The summed E-state index contributed by atoms with van der Waals surface area (Å²) in [5.41, 5.74) is -0.846. The van der Waals surface area contributed by atoms with E-state index in [2.05, 4.69) is 10.6 Å². The molecule has 14 heavy (non-hydrogen) atoms. The van der Waals surface area contributed by atoms with E-state index in [9.17, 15) is 8.42 Å². The molecule has 5 heteroatoms. The summed E-state index contributed by atoms with van der Waals surface area (Å²) < 4.78 is 27.1. The van der Waals surface area contributed by atoms with Crippen LogP contribution in [0.1, 0.15) is 27.7 Å². The third-order valence-corrected chi connectivity index (χ3v) is 3.75. The highest BCUT2D eigenvalue weighted by molar-refractivity contribution is 7.87. The lowest BCUT2D eigenvalue weighted by molar-refractivity contribution is 0.420. The van der Waals surface area contributed by atoms with E-state index in [0.29, 0.717) is 13.1 Å². The van der Waals surface area contributed by atoms with Crippen molar-refractivity contribution in [1.29, 1.82) is 0 Å². The van der Waals surface area contributed by atoms with Gasteiger partial charge in [0.15, 0.2) is 0 Å². The molecule has 0 heterocycles. The fourth-order valence-electron chi connectivity index (χ4n) is 0.980. The first-order chi connectivity index (χ1) is 6.29. The second-order valence-corrected chi connectivity index (χ2v) is 5.13. The Morgan fingerprint density at radius 1 is 1.36 bits per heavy atom.